The van der Waals surface area contributed by atoms with Gasteiger partial charge in [-0.05, 0) is 19.1 Å². The Labute approximate surface area is 110 Å². The first kappa shape index (κ1) is 12.9. The van der Waals surface area contributed by atoms with E-state index in [4.69, 9.17) is 0 Å². The van der Waals surface area contributed by atoms with Crippen molar-refractivity contribution in [3.05, 3.63) is 36.4 Å². The zero-order valence-corrected chi connectivity index (χ0v) is 10.6. The minimum Gasteiger partial charge on any atom is -0.352 e. The van der Waals surface area contributed by atoms with Crippen molar-refractivity contribution in [3.8, 4) is 0 Å². The molecule has 0 aliphatic heterocycles. The van der Waals surface area contributed by atoms with Gasteiger partial charge in [0.25, 0.3) is 5.91 Å². The number of hydrogen-bond donors (Lipinski definition) is 1. The number of amides is 1. The fourth-order valence-electron chi connectivity index (χ4n) is 1.59. The van der Waals surface area contributed by atoms with Crippen molar-refractivity contribution in [2.75, 3.05) is 6.54 Å². The van der Waals surface area contributed by atoms with E-state index in [1.54, 1.807) is 19.1 Å². The smallest absolute Gasteiger partial charge is 0.250 e. The largest absolute Gasteiger partial charge is 0.352 e. The molecule has 0 unspecified atom stereocenters. The van der Waals surface area contributed by atoms with Crippen molar-refractivity contribution in [2.24, 2.45) is 0 Å². The summed E-state index contributed by atoms with van der Waals surface area (Å²) in [6, 6.07) is 7.21. The lowest BCUT2D eigenvalue weighted by molar-refractivity contribution is -0.117. The third-order valence-corrected chi connectivity index (χ3v) is 2.60. The molecule has 2 rings (SSSR count). The van der Waals surface area contributed by atoms with Gasteiger partial charge in [-0.1, -0.05) is 23.9 Å². The van der Waals surface area contributed by atoms with E-state index in [2.05, 4.69) is 22.2 Å². The van der Waals surface area contributed by atoms with Crippen LogP contribution in [0.5, 0.6) is 0 Å². The van der Waals surface area contributed by atoms with Crippen LogP contribution >= 0.6 is 0 Å². The average molecular weight is 258 g/mol. The number of aromatic nitrogens is 3. The molecule has 1 N–H and O–H groups in total. The normalized spacial score (nSPS) is 10.4. The highest BCUT2D eigenvalue weighted by atomic mass is 16.2. The Hall–Kier alpha value is -2.50. The van der Waals surface area contributed by atoms with Crippen molar-refractivity contribution in [1.29, 1.82) is 0 Å². The maximum atomic E-state index is 12.0. The van der Waals surface area contributed by atoms with Gasteiger partial charge < -0.3 is 5.32 Å². The van der Waals surface area contributed by atoms with Crippen molar-refractivity contribution in [2.45, 2.75) is 13.3 Å². The number of fused-ring (bicyclic) bond motifs is 1. The van der Waals surface area contributed by atoms with Gasteiger partial charge in [-0.2, -0.15) is 4.68 Å². The molecule has 1 heterocycles. The third kappa shape index (κ3) is 2.85. The number of benzene rings is 1. The summed E-state index contributed by atoms with van der Waals surface area (Å²) in [7, 11) is 0. The van der Waals surface area contributed by atoms with Gasteiger partial charge in [0.2, 0.25) is 5.91 Å². The second-order valence-corrected chi connectivity index (χ2v) is 4.17. The van der Waals surface area contributed by atoms with Crippen LogP contribution in [0.2, 0.25) is 0 Å². The van der Waals surface area contributed by atoms with Gasteiger partial charge in [0, 0.05) is 18.5 Å². The summed E-state index contributed by atoms with van der Waals surface area (Å²) in [6.07, 6.45) is 0.159. The number of nitrogens with zero attached hydrogens (tertiary/aromatic N) is 3. The van der Waals surface area contributed by atoms with Crippen LogP contribution in [0.4, 0.5) is 0 Å². The number of rotatable bonds is 4. The molecule has 98 valence electrons. The highest BCUT2D eigenvalue weighted by Gasteiger charge is 2.11. The molecule has 1 aromatic carbocycles. The molecule has 0 bridgehead atoms. The molecule has 1 amide bonds. The van der Waals surface area contributed by atoms with Crippen LogP contribution < -0.4 is 5.32 Å². The molecule has 0 aliphatic rings. The first-order chi connectivity index (χ1) is 9.09. The molecule has 0 aliphatic carbocycles. The number of carbonyl (C=O) groups excluding carboxylic acids is 2. The quantitative estimate of drug-likeness (QED) is 0.835. The summed E-state index contributed by atoms with van der Waals surface area (Å²) in [5.41, 5.74) is 1.75. The van der Waals surface area contributed by atoms with Crippen LogP contribution in [0.15, 0.2) is 36.4 Å². The van der Waals surface area contributed by atoms with Crippen LogP contribution in [0, 0.1) is 0 Å². The number of nitrogens with one attached hydrogen (secondary N) is 1. The zero-order valence-electron chi connectivity index (χ0n) is 10.6. The SMILES string of the molecule is C=C(C)C(=O)NCCC(=O)n1nnc2ccccc21. The summed E-state index contributed by atoms with van der Waals surface area (Å²) in [4.78, 5) is 23.2. The van der Waals surface area contributed by atoms with Crippen LogP contribution in [-0.4, -0.2) is 33.4 Å². The average Bonchev–Trinajstić information content (AvgIpc) is 2.82. The van der Waals surface area contributed by atoms with E-state index >= 15 is 0 Å². The van der Waals surface area contributed by atoms with E-state index in [1.165, 1.54) is 4.68 Å². The molecule has 1 aromatic heterocycles. The van der Waals surface area contributed by atoms with E-state index in [-0.39, 0.29) is 24.8 Å². The zero-order chi connectivity index (χ0) is 13.8. The van der Waals surface area contributed by atoms with Crippen LogP contribution in [0.3, 0.4) is 0 Å². The summed E-state index contributed by atoms with van der Waals surface area (Å²) in [5.74, 6) is -0.466. The second-order valence-electron chi connectivity index (χ2n) is 4.17. The molecule has 0 saturated carbocycles. The monoisotopic (exact) mass is 258 g/mol. The highest BCUT2D eigenvalue weighted by molar-refractivity contribution is 5.93. The van der Waals surface area contributed by atoms with E-state index in [1.807, 2.05) is 12.1 Å². The number of carbonyl (C=O) groups is 2. The fraction of sp³-hybridized carbons (Fsp3) is 0.231. The van der Waals surface area contributed by atoms with Crippen molar-refractivity contribution < 1.29 is 9.59 Å². The second kappa shape index (κ2) is 5.43. The molecule has 2 aromatic rings. The minimum absolute atomic E-state index is 0.159. The Bertz CT molecular complexity index is 645. The lowest BCUT2D eigenvalue weighted by atomic mass is 10.3. The standard InChI is InChI=1S/C13H14N4O2/c1-9(2)13(19)14-8-7-12(18)17-11-6-4-3-5-10(11)15-16-17/h3-6H,1,7-8H2,2H3,(H,14,19). The summed E-state index contributed by atoms with van der Waals surface area (Å²) in [5, 5.41) is 10.3. The molecule has 0 atom stereocenters. The summed E-state index contributed by atoms with van der Waals surface area (Å²) >= 11 is 0. The van der Waals surface area contributed by atoms with E-state index in [0.717, 1.165) is 0 Å². The predicted octanol–water partition coefficient (Wildman–Crippen LogP) is 1.15. The first-order valence-corrected chi connectivity index (χ1v) is 5.87. The van der Waals surface area contributed by atoms with Gasteiger partial charge >= 0.3 is 0 Å². The number of hydrogen-bond acceptors (Lipinski definition) is 4. The van der Waals surface area contributed by atoms with E-state index < -0.39 is 0 Å². The van der Waals surface area contributed by atoms with Crippen molar-refractivity contribution >= 4 is 22.8 Å². The number of para-hydroxylation sites is 1. The molecule has 0 radical (unpaired) electrons. The van der Waals surface area contributed by atoms with E-state index in [9.17, 15) is 9.59 Å². The molecule has 0 saturated heterocycles. The maximum absolute atomic E-state index is 12.0. The van der Waals surface area contributed by atoms with Crippen LogP contribution in [0.1, 0.15) is 18.1 Å². The lowest BCUT2D eigenvalue weighted by Crippen LogP contribution is -2.27. The third-order valence-electron chi connectivity index (χ3n) is 2.60. The van der Waals surface area contributed by atoms with E-state index in [0.29, 0.717) is 16.6 Å². The predicted molar refractivity (Wildman–Crippen MR) is 70.6 cm³/mol. The Morgan fingerprint density at radius 1 is 1.37 bits per heavy atom. The van der Waals surface area contributed by atoms with Crippen LogP contribution in [-0.2, 0) is 4.79 Å². The van der Waals surface area contributed by atoms with Gasteiger partial charge in [0.1, 0.15) is 5.52 Å². The van der Waals surface area contributed by atoms with Gasteiger partial charge in [-0.25, -0.2) is 0 Å². The van der Waals surface area contributed by atoms with Crippen molar-refractivity contribution in [1.82, 2.24) is 20.3 Å². The van der Waals surface area contributed by atoms with Gasteiger partial charge in [-0.3, -0.25) is 9.59 Å². The Balaban J connectivity index is 2.01. The Morgan fingerprint density at radius 2 is 2.11 bits per heavy atom. The lowest BCUT2D eigenvalue weighted by Gasteiger charge is -2.04. The molecule has 0 spiro atoms. The van der Waals surface area contributed by atoms with Gasteiger partial charge in [0.15, 0.2) is 0 Å². The topological polar surface area (TPSA) is 76.9 Å². The molecule has 19 heavy (non-hydrogen) atoms. The van der Waals surface area contributed by atoms with Gasteiger partial charge in [0.05, 0.1) is 5.52 Å². The molecular weight excluding hydrogens is 244 g/mol. The summed E-state index contributed by atoms with van der Waals surface area (Å²) < 4.78 is 1.25. The minimum atomic E-state index is -0.253. The first-order valence-electron chi connectivity index (χ1n) is 5.87. The molecular formula is C13H14N4O2. The Kier molecular flexibility index (Phi) is 3.70. The highest BCUT2D eigenvalue weighted by Crippen LogP contribution is 2.09. The van der Waals surface area contributed by atoms with Crippen LogP contribution in [0.25, 0.3) is 11.0 Å². The Morgan fingerprint density at radius 3 is 2.84 bits per heavy atom. The molecule has 6 nitrogen and oxygen atoms in total. The van der Waals surface area contributed by atoms with Crippen molar-refractivity contribution in [3.63, 3.8) is 0 Å². The van der Waals surface area contributed by atoms with Gasteiger partial charge in [-0.15, -0.1) is 5.10 Å². The fourth-order valence-corrected chi connectivity index (χ4v) is 1.59. The maximum Gasteiger partial charge on any atom is 0.250 e. The summed E-state index contributed by atoms with van der Waals surface area (Å²) in [6.45, 7) is 5.38. The molecule has 6 heteroatoms. The molecule has 0 fully saturated rings.